The van der Waals surface area contributed by atoms with E-state index in [2.05, 4.69) is 43.4 Å². The molecule has 0 aliphatic rings. The summed E-state index contributed by atoms with van der Waals surface area (Å²) in [4.78, 5) is 20.3. The molecule has 6 nitrogen and oxygen atoms in total. The zero-order valence-corrected chi connectivity index (χ0v) is 19.8. The minimum absolute atomic E-state index is 0.00132. The van der Waals surface area contributed by atoms with Crippen LogP contribution in [0.15, 0.2) is 70.4 Å². The van der Waals surface area contributed by atoms with E-state index in [9.17, 15) is 4.79 Å². The molecule has 0 aliphatic heterocycles. The number of nitrogens with two attached hydrogens (primary N) is 1. The summed E-state index contributed by atoms with van der Waals surface area (Å²) in [7, 11) is 0. The number of aliphatic carboxylic acids is 1. The van der Waals surface area contributed by atoms with E-state index >= 15 is 0 Å². The van der Waals surface area contributed by atoms with Gasteiger partial charge in [0.1, 0.15) is 6.61 Å². The number of carbonyl (C=O) groups is 1. The van der Waals surface area contributed by atoms with Crippen LogP contribution in [-0.4, -0.2) is 30.2 Å². The summed E-state index contributed by atoms with van der Waals surface area (Å²) < 4.78 is 0. The molecule has 32 heavy (non-hydrogen) atoms. The molecule has 3 unspecified atom stereocenters. The average molecular weight is 440 g/mol. The van der Waals surface area contributed by atoms with E-state index in [1.807, 2.05) is 50.3 Å². The largest absolute Gasteiger partial charge is 0.481 e. The molecule has 0 radical (unpaired) electrons. The highest BCUT2D eigenvalue weighted by Crippen LogP contribution is 2.22. The molecule has 6 heteroatoms. The molecule has 174 valence electrons. The molecule has 1 rings (SSSR count). The van der Waals surface area contributed by atoms with Crippen molar-refractivity contribution in [3.8, 4) is 0 Å². The number of hydrogen-bond donors (Lipinski definition) is 2. The molecule has 0 bridgehead atoms. The van der Waals surface area contributed by atoms with Crippen LogP contribution in [0.25, 0.3) is 0 Å². The van der Waals surface area contributed by atoms with Gasteiger partial charge in [-0.15, -0.1) is 0 Å². The minimum atomic E-state index is -0.810. The smallest absolute Gasteiger partial charge is 0.303 e. The summed E-state index contributed by atoms with van der Waals surface area (Å²) >= 11 is 0. The van der Waals surface area contributed by atoms with E-state index in [0.717, 1.165) is 23.1 Å². The number of allylic oxidation sites excluding steroid dienone is 4. The normalized spacial score (nSPS) is 15.6. The number of amidine groups is 1. The molecule has 0 aliphatic carbocycles. The fraction of sp³-hybridized carbons (Fsp3) is 0.423. The number of hydrogen-bond acceptors (Lipinski definition) is 4. The highest BCUT2D eigenvalue weighted by atomic mass is 16.6. The van der Waals surface area contributed by atoms with Gasteiger partial charge in [-0.05, 0) is 55.0 Å². The molecule has 0 heterocycles. The first-order valence-electron chi connectivity index (χ1n) is 11.0. The van der Waals surface area contributed by atoms with Crippen LogP contribution in [-0.2, 0) is 9.63 Å². The predicted molar refractivity (Wildman–Crippen MR) is 133 cm³/mol. The Morgan fingerprint density at radius 1 is 1.25 bits per heavy atom. The van der Waals surface area contributed by atoms with Gasteiger partial charge >= 0.3 is 5.97 Å². The van der Waals surface area contributed by atoms with Gasteiger partial charge in [0.15, 0.2) is 5.84 Å². The van der Waals surface area contributed by atoms with Crippen LogP contribution in [0.3, 0.4) is 0 Å². The van der Waals surface area contributed by atoms with Gasteiger partial charge in [0.05, 0.1) is 0 Å². The van der Waals surface area contributed by atoms with Gasteiger partial charge in [0.2, 0.25) is 0 Å². The number of nitrogens with zero attached hydrogens (tertiary/aromatic N) is 2. The Morgan fingerprint density at radius 2 is 1.91 bits per heavy atom. The van der Waals surface area contributed by atoms with Crippen LogP contribution in [0.2, 0.25) is 0 Å². The zero-order valence-electron chi connectivity index (χ0n) is 19.8. The maximum absolute atomic E-state index is 10.8. The Labute approximate surface area is 192 Å². The van der Waals surface area contributed by atoms with Gasteiger partial charge in [-0.3, -0.25) is 4.79 Å². The van der Waals surface area contributed by atoms with E-state index in [0.29, 0.717) is 24.8 Å². The lowest BCUT2D eigenvalue weighted by molar-refractivity contribution is -0.138. The lowest BCUT2D eigenvalue weighted by Crippen LogP contribution is -2.16. The number of carboxylic acid groups (broad SMARTS) is 1. The molecule has 0 saturated heterocycles. The molecule has 1 aromatic carbocycles. The Balaban J connectivity index is 2.76. The van der Waals surface area contributed by atoms with Gasteiger partial charge in [-0.25, -0.2) is 4.99 Å². The Bertz CT molecular complexity index is 854. The Hall–Kier alpha value is -2.99. The number of aliphatic imine (C=N–C) groups is 1. The fourth-order valence-electron chi connectivity index (χ4n) is 3.15. The van der Waals surface area contributed by atoms with Gasteiger partial charge in [-0.2, -0.15) is 0 Å². The highest BCUT2D eigenvalue weighted by molar-refractivity contribution is 6.01. The summed E-state index contributed by atoms with van der Waals surface area (Å²) in [6.45, 7) is 16.0. The zero-order chi connectivity index (χ0) is 24.1. The van der Waals surface area contributed by atoms with Crippen molar-refractivity contribution in [3.05, 3.63) is 71.3 Å². The Morgan fingerprint density at radius 3 is 2.44 bits per heavy atom. The van der Waals surface area contributed by atoms with Crippen LogP contribution >= 0.6 is 0 Å². The quantitative estimate of drug-likeness (QED) is 0.179. The lowest BCUT2D eigenvalue weighted by Gasteiger charge is -2.16. The summed E-state index contributed by atoms with van der Waals surface area (Å²) in [6, 6.07) is 7.29. The lowest BCUT2D eigenvalue weighted by atomic mass is 9.94. The summed E-state index contributed by atoms with van der Waals surface area (Å²) in [5, 5.41) is 13.0. The van der Waals surface area contributed by atoms with Crippen LogP contribution in [0.5, 0.6) is 0 Å². The van der Waals surface area contributed by atoms with Crippen LogP contribution in [0.4, 0.5) is 0 Å². The van der Waals surface area contributed by atoms with Gasteiger partial charge < -0.3 is 15.7 Å². The SMILES string of the molecule is C=C/C(=C\C=C(/C)CO/N=C(\N=C)c1ccc(C(N)CC(C)CC(=O)O)cc1)C(C)CC. The maximum Gasteiger partial charge on any atom is 0.303 e. The predicted octanol–water partition coefficient (Wildman–Crippen LogP) is 5.67. The van der Waals surface area contributed by atoms with E-state index in [-0.39, 0.29) is 18.4 Å². The van der Waals surface area contributed by atoms with E-state index in [1.165, 1.54) is 5.57 Å². The molecule has 0 aromatic heterocycles. The third-order valence-corrected chi connectivity index (χ3v) is 5.35. The molecule has 0 amide bonds. The van der Waals surface area contributed by atoms with Crippen molar-refractivity contribution < 1.29 is 14.7 Å². The number of rotatable bonds is 13. The standard InChI is InChI=1S/C26H37N3O3/c1-7-20(5)21(8-2)10-9-18(3)17-32-29-26(28-6)23-13-11-22(12-14-23)24(27)15-19(4)16-25(30)31/h8-14,19-20,24H,2,6-7,15-17,27H2,1,3-5H3,(H,30,31)/b18-9+,21-10+,29-26-. The van der Waals surface area contributed by atoms with Crippen molar-refractivity contribution in [3.63, 3.8) is 0 Å². The topological polar surface area (TPSA) is 97.3 Å². The monoisotopic (exact) mass is 439 g/mol. The van der Waals surface area contributed by atoms with Crippen molar-refractivity contribution in [2.24, 2.45) is 27.7 Å². The third kappa shape index (κ3) is 9.43. The second-order valence-corrected chi connectivity index (χ2v) is 8.21. The van der Waals surface area contributed by atoms with Crippen LogP contribution in [0, 0.1) is 11.8 Å². The summed E-state index contributed by atoms with van der Waals surface area (Å²) in [5.41, 5.74) is 10.1. The Kier molecular flexibility index (Phi) is 12.0. The summed E-state index contributed by atoms with van der Waals surface area (Å²) in [5.74, 6) is 0.0415. The maximum atomic E-state index is 10.8. The van der Waals surface area contributed by atoms with Crippen molar-refractivity contribution in [2.45, 2.75) is 53.0 Å². The van der Waals surface area contributed by atoms with Crippen LogP contribution < -0.4 is 5.73 Å². The van der Waals surface area contributed by atoms with E-state index in [1.54, 1.807) is 0 Å². The molecule has 0 fully saturated rings. The van der Waals surface area contributed by atoms with E-state index in [4.69, 9.17) is 15.7 Å². The molecule has 0 spiro atoms. The fourth-order valence-corrected chi connectivity index (χ4v) is 3.15. The highest BCUT2D eigenvalue weighted by Gasteiger charge is 2.14. The number of carboxylic acids is 1. The van der Waals surface area contributed by atoms with Crippen molar-refractivity contribution >= 4 is 18.5 Å². The van der Waals surface area contributed by atoms with Gasteiger partial charge in [-0.1, -0.05) is 75.0 Å². The minimum Gasteiger partial charge on any atom is -0.481 e. The first-order chi connectivity index (χ1) is 15.2. The van der Waals surface area contributed by atoms with E-state index < -0.39 is 5.97 Å². The van der Waals surface area contributed by atoms with Gasteiger partial charge in [0, 0.05) is 18.0 Å². The summed E-state index contributed by atoms with van der Waals surface area (Å²) in [6.07, 6.45) is 7.73. The third-order valence-electron chi connectivity index (χ3n) is 5.35. The molecule has 0 saturated carbocycles. The second kappa shape index (κ2) is 14.1. The first kappa shape index (κ1) is 27.0. The number of benzene rings is 1. The number of oxime groups is 1. The first-order valence-corrected chi connectivity index (χ1v) is 11.0. The van der Waals surface area contributed by atoms with Crippen LogP contribution in [0.1, 0.15) is 64.1 Å². The molecule has 1 aromatic rings. The van der Waals surface area contributed by atoms with Crippen molar-refractivity contribution in [1.29, 1.82) is 0 Å². The molecular weight excluding hydrogens is 402 g/mol. The van der Waals surface area contributed by atoms with Crippen molar-refractivity contribution in [1.82, 2.24) is 0 Å². The molecule has 3 N–H and O–H groups in total. The molecule has 3 atom stereocenters. The van der Waals surface area contributed by atoms with Crippen molar-refractivity contribution in [2.75, 3.05) is 6.61 Å². The average Bonchev–Trinajstić information content (AvgIpc) is 2.76. The molecular formula is C26H37N3O3. The van der Waals surface area contributed by atoms with Gasteiger partial charge in [0.25, 0.3) is 0 Å². The second-order valence-electron chi connectivity index (χ2n) is 8.21.